The monoisotopic (exact) mass is 264 g/mol. The minimum Gasteiger partial charge on any atom is -0.493 e. The van der Waals surface area contributed by atoms with Crippen LogP contribution in [0.5, 0.6) is 11.5 Å². The first kappa shape index (κ1) is 13.7. The molecule has 1 fully saturated rings. The molecule has 1 saturated carbocycles. The second-order valence-corrected chi connectivity index (χ2v) is 5.15. The minimum absolute atomic E-state index is 0.0816. The molecule has 2 unspecified atom stereocenters. The molecule has 1 aliphatic rings. The second kappa shape index (κ2) is 5.95. The highest BCUT2D eigenvalue weighted by molar-refractivity contribution is 5.92. The number of rotatable bonds is 4. The van der Waals surface area contributed by atoms with E-state index in [-0.39, 0.29) is 11.7 Å². The number of benzene rings is 1. The van der Waals surface area contributed by atoms with E-state index in [1.807, 2.05) is 0 Å². The van der Waals surface area contributed by atoms with Crippen LogP contribution in [0.2, 0.25) is 0 Å². The minimum atomic E-state index is -0.988. The molecule has 2 atom stereocenters. The Kier molecular flexibility index (Phi) is 4.30. The summed E-state index contributed by atoms with van der Waals surface area (Å²) in [7, 11) is 1.53. The number of ether oxygens (including phenoxy) is 2. The third-order valence-corrected chi connectivity index (χ3v) is 3.60. The van der Waals surface area contributed by atoms with E-state index in [1.54, 1.807) is 18.2 Å². The molecule has 19 heavy (non-hydrogen) atoms. The van der Waals surface area contributed by atoms with Gasteiger partial charge in [0.15, 0.2) is 11.5 Å². The number of para-hydroxylation sites is 1. The molecule has 2 rings (SSSR count). The van der Waals surface area contributed by atoms with Crippen LogP contribution in [0.15, 0.2) is 18.2 Å². The van der Waals surface area contributed by atoms with Gasteiger partial charge in [0.2, 0.25) is 0 Å². The van der Waals surface area contributed by atoms with E-state index in [0.29, 0.717) is 17.4 Å². The first-order valence-electron chi connectivity index (χ1n) is 6.68. The molecule has 0 heterocycles. The molecule has 0 spiro atoms. The van der Waals surface area contributed by atoms with Gasteiger partial charge in [-0.3, -0.25) is 0 Å². The van der Waals surface area contributed by atoms with Crippen molar-refractivity contribution in [2.75, 3.05) is 7.11 Å². The molecule has 0 bridgehead atoms. The van der Waals surface area contributed by atoms with Crippen LogP contribution in [0.3, 0.4) is 0 Å². The van der Waals surface area contributed by atoms with Crippen molar-refractivity contribution in [1.82, 2.24) is 0 Å². The van der Waals surface area contributed by atoms with E-state index >= 15 is 0 Å². The van der Waals surface area contributed by atoms with E-state index in [9.17, 15) is 9.90 Å². The van der Waals surface area contributed by atoms with Gasteiger partial charge in [0, 0.05) is 0 Å². The van der Waals surface area contributed by atoms with Gasteiger partial charge in [0.1, 0.15) is 5.56 Å². The van der Waals surface area contributed by atoms with Gasteiger partial charge in [0.25, 0.3) is 0 Å². The van der Waals surface area contributed by atoms with Crippen molar-refractivity contribution in [3.63, 3.8) is 0 Å². The summed E-state index contributed by atoms with van der Waals surface area (Å²) in [5.74, 6) is 0.481. The predicted molar refractivity (Wildman–Crippen MR) is 72.0 cm³/mol. The van der Waals surface area contributed by atoms with Crippen LogP contribution >= 0.6 is 0 Å². The van der Waals surface area contributed by atoms with Crippen molar-refractivity contribution in [2.24, 2.45) is 5.92 Å². The zero-order chi connectivity index (χ0) is 13.8. The summed E-state index contributed by atoms with van der Waals surface area (Å²) in [5.41, 5.74) is 0.164. The van der Waals surface area contributed by atoms with E-state index in [4.69, 9.17) is 9.47 Å². The fourth-order valence-corrected chi connectivity index (χ4v) is 2.62. The lowest BCUT2D eigenvalue weighted by atomic mass is 9.88. The van der Waals surface area contributed by atoms with Crippen LogP contribution in [0.4, 0.5) is 0 Å². The Hall–Kier alpha value is -1.71. The molecular formula is C15H20O4. The molecule has 1 aromatic rings. The molecule has 0 radical (unpaired) electrons. The average Bonchev–Trinajstić information content (AvgIpc) is 2.38. The van der Waals surface area contributed by atoms with Gasteiger partial charge in [-0.1, -0.05) is 19.4 Å². The molecular weight excluding hydrogens is 244 g/mol. The smallest absolute Gasteiger partial charge is 0.339 e. The first-order chi connectivity index (χ1) is 9.11. The molecule has 1 aromatic carbocycles. The van der Waals surface area contributed by atoms with Crippen LogP contribution in [0, 0.1) is 5.92 Å². The third-order valence-electron chi connectivity index (χ3n) is 3.60. The standard InChI is InChI=1S/C15H20O4/c1-10-5-3-6-11(9-10)19-14-12(15(16)17)7-4-8-13(14)18-2/h4,7-8,10-11H,3,5-6,9H2,1-2H3,(H,16,17). The lowest BCUT2D eigenvalue weighted by Crippen LogP contribution is -2.25. The lowest BCUT2D eigenvalue weighted by Gasteiger charge is -2.28. The highest BCUT2D eigenvalue weighted by Gasteiger charge is 2.24. The SMILES string of the molecule is COc1cccc(C(=O)O)c1OC1CCCC(C)C1. The fraction of sp³-hybridized carbons (Fsp3) is 0.533. The van der Waals surface area contributed by atoms with Gasteiger partial charge in [-0.15, -0.1) is 0 Å². The zero-order valence-corrected chi connectivity index (χ0v) is 11.4. The summed E-state index contributed by atoms with van der Waals surface area (Å²) >= 11 is 0. The largest absolute Gasteiger partial charge is 0.493 e. The molecule has 104 valence electrons. The van der Waals surface area contributed by atoms with Gasteiger partial charge in [0.05, 0.1) is 13.2 Å². The fourth-order valence-electron chi connectivity index (χ4n) is 2.62. The van der Waals surface area contributed by atoms with Gasteiger partial charge in [-0.25, -0.2) is 4.79 Å². The molecule has 1 aliphatic carbocycles. The summed E-state index contributed by atoms with van der Waals surface area (Å²) in [6.45, 7) is 2.20. The molecule has 0 saturated heterocycles. The van der Waals surface area contributed by atoms with Gasteiger partial charge < -0.3 is 14.6 Å². The van der Waals surface area contributed by atoms with Crippen molar-refractivity contribution in [3.8, 4) is 11.5 Å². The topological polar surface area (TPSA) is 55.8 Å². The first-order valence-corrected chi connectivity index (χ1v) is 6.68. The Balaban J connectivity index is 2.24. The van der Waals surface area contributed by atoms with Crippen LogP contribution in [-0.4, -0.2) is 24.3 Å². The highest BCUT2D eigenvalue weighted by Crippen LogP contribution is 2.35. The zero-order valence-electron chi connectivity index (χ0n) is 11.4. The van der Waals surface area contributed by atoms with Crippen LogP contribution in [-0.2, 0) is 0 Å². The maximum atomic E-state index is 11.3. The quantitative estimate of drug-likeness (QED) is 0.906. The van der Waals surface area contributed by atoms with Gasteiger partial charge in [-0.05, 0) is 37.3 Å². The Bertz CT molecular complexity index is 455. The van der Waals surface area contributed by atoms with E-state index < -0.39 is 5.97 Å². The van der Waals surface area contributed by atoms with Crippen LogP contribution < -0.4 is 9.47 Å². The van der Waals surface area contributed by atoms with E-state index in [0.717, 1.165) is 19.3 Å². The number of carboxylic acid groups (broad SMARTS) is 1. The van der Waals surface area contributed by atoms with Crippen molar-refractivity contribution in [3.05, 3.63) is 23.8 Å². The summed E-state index contributed by atoms with van der Waals surface area (Å²) in [4.78, 5) is 11.3. The number of hydrogen-bond donors (Lipinski definition) is 1. The summed E-state index contributed by atoms with van der Waals surface area (Å²) < 4.78 is 11.2. The molecule has 0 amide bonds. The van der Waals surface area contributed by atoms with Gasteiger partial charge in [-0.2, -0.15) is 0 Å². The highest BCUT2D eigenvalue weighted by atomic mass is 16.5. The van der Waals surface area contributed by atoms with Crippen LogP contribution in [0.25, 0.3) is 0 Å². The number of hydrogen-bond acceptors (Lipinski definition) is 3. The maximum absolute atomic E-state index is 11.3. The number of carboxylic acids is 1. The molecule has 1 N–H and O–H groups in total. The molecule has 0 aromatic heterocycles. The van der Waals surface area contributed by atoms with E-state index in [2.05, 4.69) is 6.92 Å². The molecule has 4 nitrogen and oxygen atoms in total. The Morgan fingerprint density at radius 1 is 1.37 bits per heavy atom. The second-order valence-electron chi connectivity index (χ2n) is 5.15. The molecule has 0 aliphatic heterocycles. The lowest BCUT2D eigenvalue weighted by molar-refractivity contribution is 0.0681. The number of carbonyl (C=O) groups is 1. The van der Waals surface area contributed by atoms with Crippen LogP contribution in [0.1, 0.15) is 43.0 Å². The van der Waals surface area contributed by atoms with Gasteiger partial charge >= 0.3 is 5.97 Å². The third kappa shape index (κ3) is 3.19. The Labute approximate surface area is 113 Å². The summed E-state index contributed by atoms with van der Waals surface area (Å²) in [6.07, 6.45) is 4.37. The Morgan fingerprint density at radius 2 is 2.16 bits per heavy atom. The number of aromatic carboxylic acids is 1. The van der Waals surface area contributed by atoms with Crippen molar-refractivity contribution in [2.45, 2.75) is 38.7 Å². The normalized spacial score (nSPS) is 22.8. The average molecular weight is 264 g/mol. The summed E-state index contributed by atoms with van der Waals surface area (Å²) in [5, 5.41) is 9.23. The maximum Gasteiger partial charge on any atom is 0.339 e. The van der Waals surface area contributed by atoms with Crippen molar-refractivity contribution in [1.29, 1.82) is 0 Å². The molecule has 4 heteroatoms. The Morgan fingerprint density at radius 3 is 2.79 bits per heavy atom. The predicted octanol–water partition coefficient (Wildman–Crippen LogP) is 3.35. The summed E-state index contributed by atoms with van der Waals surface area (Å²) in [6, 6.07) is 4.94. The van der Waals surface area contributed by atoms with Crippen molar-refractivity contribution < 1.29 is 19.4 Å². The van der Waals surface area contributed by atoms with E-state index in [1.165, 1.54) is 13.5 Å². The van der Waals surface area contributed by atoms with Crippen molar-refractivity contribution >= 4 is 5.97 Å². The number of methoxy groups -OCH3 is 1.